The molecular weight excluding hydrogens is 860 g/mol. The van der Waals surface area contributed by atoms with E-state index in [2.05, 4.69) is 220 Å². The highest BCUT2D eigenvalue weighted by Crippen LogP contribution is 2.57. The number of benzene rings is 8. The fourth-order valence-electron chi connectivity index (χ4n) is 14.1. The topological polar surface area (TPSA) is 30.1 Å². The number of rotatable bonds is 3. The number of para-hydroxylation sites is 1. The molecule has 0 amide bonds. The molecule has 0 fully saturated rings. The van der Waals surface area contributed by atoms with Gasteiger partial charge in [0.15, 0.2) is 7.28 Å². The van der Waals surface area contributed by atoms with Crippen LogP contribution in [-0.2, 0) is 27.1 Å². The summed E-state index contributed by atoms with van der Waals surface area (Å²) in [4.78, 5) is 0. The molecule has 1 aliphatic heterocycles. The lowest BCUT2D eigenvalue weighted by Gasteiger charge is -2.42. The fraction of sp³-hybridized carbons (Fsp3) is 0.284. The Balaban J connectivity index is 1.07. The summed E-state index contributed by atoms with van der Waals surface area (Å²) in [6, 6.07) is 49.5. The molecule has 0 spiro atoms. The van der Waals surface area contributed by atoms with E-state index in [0.29, 0.717) is 0 Å². The number of nitrogens with zero attached hydrogens (tertiary/aromatic N) is 1. The minimum absolute atomic E-state index is 0.0628. The van der Waals surface area contributed by atoms with E-state index in [1.807, 2.05) is 0 Å². The summed E-state index contributed by atoms with van der Waals surface area (Å²) in [6.07, 6.45) is 2.39. The van der Waals surface area contributed by atoms with Crippen molar-refractivity contribution < 1.29 is 4.42 Å². The van der Waals surface area contributed by atoms with Crippen molar-refractivity contribution in [2.45, 2.75) is 123 Å². The Morgan fingerprint density at radius 2 is 1.18 bits per heavy atom. The molecule has 0 radical (unpaired) electrons. The van der Waals surface area contributed by atoms with Gasteiger partial charge in [0.05, 0.1) is 5.52 Å². The van der Waals surface area contributed by atoms with Crippen LogP contribution in [0.25, 0.3) is 82.8 Å². The van der Waals surface area contributed by atoms with Crippen LogP contribution in [0.2, 0.25) is 0 Å². The van der Waals surface area contributed by atoms with E-state index < -0.39 is 0 Å². The highest BCUT2D eigenvalue weighted by Gasteiger charge is 2.44. The lowest BCUT2D eigenvalue weighted by Crippen LogP contribution is -2.38. The van der Waals surface area contributed by atoms with Crippen LogP contribution in [0.15, 0.2) is 132 Å². The maximum atomic E-state index is 6.65. The summed E-state index contributed by atoms with van der Waals surface area (Å²) in [6.45, 7) is 28.8. The molecule has 71 heavy (non-hydrogen) atoms. The number of anilines is 2. The Kier molecular flexibility index (Phi) is 8.36. The minimum atomic E-state index is -0.187. The minimum Gasteiger partial charge on any atom is -0.456 e. The van der Waals surface area contributed by atoms with E-state index in [-0.39, 0.29) is 27.1 Å². The number of hydrogen-bond donors (Lipinski definition) is 1. The molecule has 10 aromatic rings. The van der Waals surface area contributed by atoms with Gasteiger partial charge in [0.2, 0.25) is 0 Å². The Morgan fingerprint density at radius 3 is 1.94 bits per heavy atom. The van der Waals surface area contributed by atoms with Crippen molar-refractivity contribution in [3.05, 3.63) is 172 Å². The van der Waals surface area contributed by atoms with Crippen molar-refractivity contribution in [3.63, 3.8) is 0 Å². The zero-order valence-electron chi connectivity index (χ0n) is 43.6. The largest absolute Gasteiger partial charge is 0.456 e. The second kappa shape index (κ2) is 13.8. The van der Waals surface area contributed by atoms with Gasteiger partial charge in [-0.3, -0.25) is 0 Å². The zero-order valence-corrected chi connectivity index (χ0v) is 43.6. The van der Waals surface area contributed by atoms with Gasteiger partial charge in [-0.2, -0.15) is 0 Å². The predicted molar refractivity (Wildman–Crippen MR) is 303 cm³/mol. The Labute approximate surface area is 419 Å². The summed E-state index contributed by atoms with van der Waals surface area (Å²) < 4.78 is 9.30. The molecule has 8 aromatic carbocycles. The fourth-order valence-corrected chi connectivity index (χ4v) is 14.1. The molecule has 350 valence electrons. The van der Waals surface area contributed by atoms with Gasteiger partial charge in [-0.1, -0.05) is 154 Å². The molecule has 0 saturated carbocycles. The van der Waals surface area contributed by atoms with Gasteiger partial charge in [-0.15, -0.1) is 0 Å². The van der Waals surface area contributed by atoms with Gasteiger partial charge in [0, 0.05) is 60.5 Å². The summed E-state index contributed by atoms with van der Waals surface area (Å²) in [7, 11) is 0.822. The molecule has 3 nitrogen and oxygen atoms in total. The highest BCUT2D eigenvalue weighted by molar-refractivity contribution is 6.73. The van der Waals surface area contributed by atoms with Crippen LogP contribution in [0.1, 0.15) is 134 Å². The number of aromatic nitrogens is 1. The van der Waals surface area contributed by atoms with Crippen LogP contribution in [0.5, 0.6) is 0 Å². The van der Waals surface area contributed by atoms with E-state index in [9.17, 15) is 0 Å². The summed E-state index contributed by atoms with van der Waals surface area (Å²) in [5.74, 6) is 0. The van der Waals surface area contributed by atoms with Crippen molar-refractivity contribution in [1.29, 1.82) is 0 Å². The Hall–Kier alpha value is -6.78. The lowest BCUT2D eigenvalue weighted by molar-refractivity contribution is 0.331. The quantitative estimate of drug-likeness (QED) is 0.179. The smallest absolute Gasteiger partial charge is 0.198 e. The number of hydrogen-bond acceptors (Lipinski definition) is 2. The van der Waals surface area contributed by atoms with Crippen molar-refractivity contribution in [2.75, 3.05) is 5.32 Å². The first kappa shape index (κ1) is 43.0. The lowest BCUT2D eigenvalue weighted by atomic mass is 9.58. The molecule has 3 aliphatic carbocycles. The Morgan fingerprint density at radius 1 is 0.535 bits per heavy atom. The molecule has 0 atom stereocenters. The van der Waals surface area contributed by atoms with E-state index in [4.69, 9.17) is 4.42 Å². The third-order valence-electron chi connectivity index (χ3n) is 18.3. The van der Waals surface area contributed by atoms with Crippen molar-refractivity contribution in [2.24, 2.45) is 0 Å². The first-order valence-corrected chi connectivity index (χ1v) is 26.2. The van der Waals surface area contributed by atoms with Crippen molar-refractivity contribution in [3.8, 4) is 39.1 Å². The molecule has 2 aromatic heterocycles. The van der Waals surface area contributed by atoms with E-state index in [0.717, 1.165) is 40.6 Å². The molecule has 4 heteroatoms. The van der Waals surface area contributed by atoms with Gasteiger partial charge in [-0.25, -0.2) is 0 Å². The van der Waals surface area contributed by atoms with Gasteiger partial charge in [0.1, 0.15) is 11.2 Å². The third-order valence-corrected chi connectivity index (χ3v) is 18.3. The van der Waals surface area contributed by atoms with Crippen LogP contribution in [-0.4, -0.2) is 11.8 Å². The predicted octanol–water partition coefficient (Wildman–Crippen LogP) is 16.4. The maximum Gasteiger partial charge on any atom is 0.198 e. The molecule has 4 aliphatic rings. The first-order chi connectivity index (χ1) is 33.7. The van der Waals surface area contributed by atoms with Crippen molar-refractivity contribution >= 4 is 73.3 Å². The van der Waals surface area contributed by atoms with Crippen LogP contribution in [0, 0.1) is 6.92 Å². The highest BCUT2D eigenvalue weighted by atomic mass is 16.3. The number of furan rings is 1. The van der Waals surface area contributed by atoms with Crippen molar-refractivity contribution in [1.82, 2.24) is 4.57 Å². The summed E-state index contributed by atoms with van der Waals surface area (Å²) >= 11 is 0. The van der Waals surface area contributed by atoms with Gasteiger partial charge in [-0.05, 0) is 168 Å². The van der Waals surface area contributed by atoms with E-state index >= 15 is 0 Å². The summed E-state index contributed by atoms with van der Waals surface area (Å²) in [5.41, 5.74) is 30.0. The number of aryl methyl sites for hydroxylation is 1. The van der Waals surface area contributed by atoms with Crippen LogP contribution in [0.3, 0.4) is 0 Å². The third kappa shape index (κ3) is 5.80. The van der Waals surface area contributed by atoms with Gasteiger partial charge < -0.3 is 14.3 Å². The molecule has 3 heterocycles. The normalized spacial score (nSPS) is 17.2. The molecule has 0 bridgehead atoms. The average Bonchev–Trinajstić information content (AvgIpc) is 4.00. The zero-order chi connectivity index (χ0) is 49.1. The molecule has 0 saturated heterocycles. The number of nitrogens with one attached hydrogen (secondary N) is 1. The monoisotopic (exact) mass is 923 g/mol. The maximum absolute atomic E-state index is 6.65. The SMILES string of the molecule is Cc1cc(-c2cc3c(cc2Nc2ccc(C(C)(C)C)cc2)C(C)(C)c2cc4c(cc2-3)C(C)(C)CCC4(C)C)c2c3c1c1cc4oc5ccccc5c4cc1n3-c1cc3c(cc1B2)-c1ccccc1C3(C)C. The van der Waals surface area contributed by atoms with Crippen LogP contribution in [0.4, 0.5) is 11.4 Å². The average molecular weight is 923 g/mol. The summed E-state index contributed by atoms with van der Waals surface area (Å²) in [5, 5.41) is 8.96. The Bertz CT molecular complexity index is 4030. The first-order valence-electron chi connectivity index (χ1n) is 26.2. The van der Waals surface area contributed by atoms with Gasteiger partial charge >= 0.3 is 0 Å². The van der Waals surface area contributed by atoms with Crippen LogP contribution >= 0.6 is 0 Å². The van der Waals surface area contributed by atoms with E-state index in [1.54, 1.807) is 0 Å². The second-order valence-electron chi connectivity index (χ2n) is 25.3. The van der Waals surface area contributed by atoms with E-state index in [1.165, 1.54) is 129 Å². The van der Waals surface area contributed by atoms with Crippen LogP contribution < -0.4 is 16.2 Å². The molecule has 14 rings (SSSR count). The molecule has 0 unspecified atom stereocenters. The number of fused-ring (bicyclic) bond motifs is 15. The van der Waals surface area contributed by atoms with Gasteiger partial charge in [0.25, 0.3) is 0 Å². The standard InChI is InChI=1S/C67H63BN2O/c1-36-27-46(44-28-41-42-29-52-53(65(7,8)26-25-64(52,5)6)33-49(42)67(11,12)50(41)34-55(44)69-38-23-21-37(22-24-38)63(2,3)4)61-62-60(36)47-32-59-45(40-18-14-16-20-58(40)71-59)31-56(47)70(62)57-35-51-43(30-54(57)68-61)39-17-13-15-19-48(39)66(51,9)10/h13-24,27-35,68-69H,25-26H2,1-12H3. The molecule has 1 N–H and O–H groups in total. The molecular formula is C67H63BN2O. The second-order valence-corrected chi connectivity index (χ2v) is 25.3.